The molecule has 2 aromatic rings. The monoisotopic (exact) mass is 250 g/mol. The number of aromatic nitrogens is 1. The van der Waals surface area contributed by atoms with Gasteiger partial charge in [-0.3, -0.25) is 9.78 Å². The number of aromatic hydroxyl groups is 1. The smallest absolute Gasteiger partial charge is 0.257 e. The lowest BCUT2D eigenvalue weighted by Crippen LogP contribution is -2.12. The van der Waals surface area contributed by atoms with E-state index in [0.29, 0.717) is 0 Å². The molecular formula is C12H8F2N2O2. The minimum Gasteiger partial charge on any atom is -0.505 e. The Morgan fingerprint density at radius 2 is 2.00 bits per heavy atom. The van der Waals surface area contributed by atoms with Gasteiger partial charge in [-0.1, -0.05) is 0 Å². The molecule has 1 aromatic heterocycles. The van der Waals surface area contributed by atoms with Gasteiger partial charge in [0.1, 0.15) is 5.82 Å². The molecule has 4 nitrogen and oxygen atoms in total. The fourth-order valence-corrected chi connectivity index (χ4v) is 1.32. The number of hydrogen-bond donors (Lipinski definition) is 2. The fraction of sp³-hybridized carbons (Fsp3) is 0. The molecule has 0 aliphatic rings. The summed E-state index contributed by atoms with van der Waals surface area (Å²) in [6.45, 7) is 0. The van der Waals surface area contributed by atoms with E-state index >= 15 is 0 Å². The lowest BCUT2D eigenvalue weighted by atomic mass is 10.2. The first kappa shape index (κ1) is 12.0. The molecule has 0 saturated carbocycles. The van der Waals surface area contributed by atoms with E-state index in [9.17, 15) is 13.6 Å². The average Bonchev–Trinajstić information content (AvgIpc) is 2.34. The van der Waals surface area contributed by atoms with E-state index in [1.165, 1.54) is 12.3 Å². The van der Waals surface area contributed by atoms with E-state index in [0.717, 1.165) is 24.4 Å². The number of phenolic OH excluding ortho intramolecular Hbond substituents is 1. The fourth-order valence-electron chi connectivity index (χ4n) is 1.32. The molecule has 0 aliphatic heterocycles. The van der Waals surface area contributed by atoms with Gasteiger partial charge in [0.2, 0.25) is 0 Å². The van der Waals surface area contributed by atoms with Crippen molar-refractivity contribution < 1.29 is 18.7 Å². The van der Waals surface area contributed by atoms with Gasteiger partial charge in [-0.15, -0.1) is 0 Å². The number of carbonyl (C=O) groups excluding carboxylic acids is 1. The van der Waals surface area contributed by atoms with Crippen LogP contribution in [0.25, 0.3) is 0 Å². The van der Waals surface area contributed by atoms with Crippen LogP contribution in [0, 0.1) is 11.6 Å². The van der Waals surface area contributed by atoms with Crippen molar-refractivity contribution in [2.45, 2.75) is 0 Å². The highest BCUT2D eigenvalue weighted by molar-refractivity contribution is 6.04. The normalized spacial score (nSPS) is 10.1. The predicted octanol–water partition coefficient (Wildman–Crippen LogP) is 2.32. The Hall–Kier alpha value is -2.50. The van der Waals surface area contributed by atoms with Crippen LogP contribution in [-0.2, 0) is 0 Å². The summed E-state index contributed by atoms with van der Waals surface area (Å²) in [4.78, 5) is 15.2. The van der Waals surface area contributed by atoms with Crippen molar-refractivity contribution in [1.29, 1.82) is 0 Å². The van der Waals surface area contributed by atoms with Crippen molar-refractivity contribution in [2.75, 3.05) is 5.32 Å². The van der Waals surface area contributed by atoms with Crippen LogP contribution in [0.5, 0.6) is 5.75 Å². The highest BCUT2D eigenvalue weighted by atomic mass is 19.1. The molecule has 2 rings (SSSR count). The first-order chi connectivity index (χ1) is 8.56. The molecule has 0 bridgehead atoms. The predicted molar refractivity (Wildman–Crippen MR) is 60.2 cm³/mol. The largest absolute Gasteiger partial charge is 0.505 e. The van der Waals surface area contributed by atoms with E-state index in [1.54, 1.807) is 0 Å². The first-order valence-corrected chi connectivity index (χ1v) is 4.96. The first-order valence-electron chi connectivity index (χ1n) is 4.96. The number of nitrogens with zero attached hydrogens (tertiary/aromatic N) is 1. The van der Waals surface area contributed by atoms with Gasteiger partial charge < -0.3 is 10.4 Å². The number of carbonyl (C=O) groups is 1. The molecule has 0 aliphatic carbocycles. The summed E-state index contributed by atoms with van der Waals surface area (Å²) in [6, 6.07) is 4.40. The van der Waals surface area contributed by atoms with Crippen LogP contribution in [0.2, 0.25) is 0 Å². The molecule has 0 fully saturated rings. The van der Waals surface area contributed by atoms with Crippen LogP contribution in [0.1, 0.15) is 10.4 Å². The van der Waals surface area contributed by atoms with Crippen LogP contribution < -0.4 is 5.32 Å². The Labute approximate surface area is 101 Å². The van der Waals surface area contributed by atoms with E-state index in [-0.39, 0.29) is 11.3 Å². The standard InChI is InChI=1S/C12H8F2N2O2/c13-8-3-7(5-15-6-8)12(18)16-9-1-2-11(17)10(14)4-9/h1-6,17H,(H,16,18). The zero-order valence-corrected chi connectivity index (χ0v) is 9.02. The van der Waals surface area contributed by atoms with E-state index < -0.39 is 23.3 Å². The molecule has 0 spiro atoms. The summed E-state index contributed by atoms with van der Waals surface area (Å²) >= 11 is 0. The lowest BCUT2D eigenvalue weighted by Gasteiger charge is -2.05. The molecule has 1 aromatic carbocycles. The zero-order valence-electron chi connectivity index (χ0n) is 9.02. The SMILES string of the molecule is O=C(Nc1ccc(O)c(F)c1)c1cncc(F)c1. The number of halogens is 2. The number of anilines is 1. The summed E-state index contributed by atoms with van der Waals surface area (Å²) in [6.07, 6.45) is 2.16. The Morgan fingerprint density at radius 3 is 2.67 bits per heavy atom. The third kappa shape index (κ3) is 2.60. The molecule has 0 atom stereocenters. The topological polar surface area (TPSA) is 62.2 Å². The molecule has 1 heterocycles. The Kier molecular flexibility index (Phi) is 3.18. The van der Waals surface area contributed by atoms with Gasteiger partial charge in [0.05, 0.1) is 11.8 Å². The Balaban J connectivity index is 2.18. The van der Waals surface area contributed by atoms with Gasteiger partial charge >= 0.3 is 0 Å². The molecular weight excluding hydrogens is 242 g/mol. The number of phenols is 1. The van der Waals surface area contributed by atoms with Crippen LogP contribution in [0.4, 0.5) is 14.5 Å². The van der Waals surface area contributed by atoms with Crippen molar-refractivity contribution in [3.63, 3.8) is 0 Å². The summed E-state index contributed by atoms with van der Waals surface area (Å²) in [5.41, 5.74) is 0.169. The van der Waals surface area contributed by atoms with Gasteiger partial charge in [0.15, 0.2) is 11.6 Å². The quantitative estimate of drug-likeness (QED) is 0.804. The maximum absolute atomic E-state index is 13.0. The maximum atomic E-state index is 13.0. The summed E-state index contributed by atoms with van der Waals surface area (Å²) in [5, 5.41) is 11.3. The van der Waals surface area contributed by atoms with Crippen LogP contribution >= 0.6 is 0 Å². The second kappa shape index (κ2) is 4.79. The summed E-state index contributed by atoms with van der Waals surface area (Å²) in [7, 11) is 0. The highest BCUT2D eigenvalue weighted by Crippen LogP contribution is 2.19. The van der Waals surface area contributed by atoms with Gasteiger partial charge in [-0.25, -0.2) is 8.78 Å². The molecule has 0 radical (unpaired) electrons. The van der Waals surface area contributed by atoms with Crippen molar-refractivity contribution in [3.05, 3.63) is 53.9 Å². The van der Waals surface area contributed by atoms with Crippen LogP contribution in [0.15, 0.2) is 36.7 Å². The number of hydrogen-bond acceptors (Lipinski definition) is 3. The van der Waals surface area contributed by atoms with Crippen molar-refractivity contribution in [3.8, 4) is 5.75 Å². The molecule has 2 N–H and O–H groups in total. The van der Waals surface area contributed by atoms with Crippen molar-refractivity contribution >= 4 is 11.6 Å². The van der Waals surface area contributed by atoms with Gasteiger partial charge in [-0.2, -0.15) is 0 Å². The second-order valence-electron chi connectivity index (χ2n) is 3.51. The second-order valence-corrected chi connectivity index (χ2v) is 3.51. The molecule has 1 amide bonds. The van der Waals surface area contributed by atoms with Crippen LogP contribution in [-0.4, -0.2) is 16.0 Å². The number of rotatable bonds is 2. The van der Waals surface area contributed by atoms with E-state index in [1.807, 2.05) is 0 Å². The zero-order chi connectivity index (χ0) is 13.1. The lowest BCUT2D eigenvalue weighted by molar-refractivity contribution is 0.102. The molecule has 92 valence electrons. The number of pyridine rings is 1. The van der Waals surface area contributed by atoms with E-state index in [2.05, 4.69) is 10.3 Å². The Morgan fingerprint density at radius 1 is 1.22 bits per heavy atom. The summed E-state index contributed by atoms with van der Waals surface area (Å²) in [5.74, 6) is -2.63. The van der Waals surface area contributed by atoms with E-state index in [4.69, 9.17) is 5.11 Å². The molecule has 0 unspecified atom stereocenters. The molecule has 6 heteroatoms. The van der Waals surface area contributed by atoms with Gasteiger partial charge in [0, 0.05) is 18.0 Å². The maximum Gasteiger partial charge on any atom is 0.257 e. The number of nitrogens with one attached hydrogen (secondary N) is 1. The van der Waals surface area contributed by atoms with Gasteiger partial charge in [0.25, 0.3) is 5.91 Å². The molecule has 18 heavy (non-hydrogen) atoms. The minimum atomic E-state index is -0.856. The average molecular weight is 250 g/mol. The number of amides is 1. The highest BCUT2D eigenvalue weighted by Gasteiger charge is 2.09. The minimum absolute atomic E-state index is 0.0171. The Bertz CT molecular complexity index is 602. The number of benzene rings is 1. The third-order valence-electron chi connectivity index (χ3n) is 2.17. The van der Waals surface area contributed by atoms with Crippen molar-refractivity contribution in [2.24, 2.45) is 0 Å². The third-order valence-corrected chi connectivity index (χ3v) is 2.17. The summed E-state index contributed by atoms with van der Waals surface area (Å²) < 4.78 is 25.9. The molecule has 0 saturated heterocycles. The van der Waals surface area contributed by atoms with Crippen LogP contribution in [0.3, 0.4) is 0 Å². The van der Waals surface area contributed by atoms with Gasteiger partial charge in [-0.05, 0) is 18.2 Å². The van der Waals surface area contributed by atoms with Crippen molar-refractivity contribution in [1.82, 2.24) is 4.98 Å².